The summed E-state index contributed by atoms with van der Waals surface area (Å²) in [7, 11) is 0. The third kappa shape index (κ3) is 5.18. The van der Waals surface area contributed by atoms with Gasteiger partial charge in [0, 0.05) is 36.9 Å². The van der Waals surface area contributed by atoms with Gasteiger partial charge in [0.1, 0.15) is 0 Å². The highest BCUT2D eigenvalue weighted by Crippen LogP contribution is 2.39. The molecule has 0 radical (unpaired) electrons. The van der Waals surface area contributed by atoms with Gasteiger partial charge in [-0.2, -0.15) is 5.10 Å². The number of ether oxygens (including phenoxy) is 1. The smallest absolute Gasteiger partial charge is 0.259 e. The second kappa shape index (κ2) is 10.3. The molecule has 1 amide bonds. The van der Waals surface area contributed by atoms with Crippen molar-refractivity contribution in [2.24, 2.45) is 0 Å². The van der Waals surface area contributed by atoms with Crippen molar-refractivity contribution in [2.45, 2.75) is 70.3 Å². The molecule has 1 aliphatic heterocycles. The van der Waals surface area contributed by atoms with E-state index in [1.54, 1.807) is 17.1 Å². The molecule has 8 nitrogen and oxygen atoms in total. The Morgan fingerprint density at radius 2 is 1.70 bits per heavy atom. The third-order valence-electron chi connectivity index (χ3n) is 8.31. The first-order chi connectivity index (χ1) is 18.1. The van der Waals surface area contributed by atoms with Crippen LogP contribution >= 0.6 is 0 Å². The van der Waals surface area contributed by atoms with E-state index in [1.807, 2.05) is 25.3 Å². The van der Waals surface area contributed by atoms with Gasteiger partial charge in [0.15, 0.2) is 5.82 Å². The summed E-state index contributed by atoms with van der Waals surface area (Å²) in [5, 5.41) is 7.46. The normalized spacial score (nSPS) is 22.6. The van der Waals surface area contributed by atoms with Gasteiger partial charge < -0.3 is 10.1 Å². The minimum Gasteiger partial charge on any atom is -0.379 e. The van der Waals surface area contributed by atoms with Crippen molar-refractivity contribution in [1.82, 2.24) is 24.6 Å². The molecular formula is C29H36N6O2. The summed E-state index contributed by atoms with van der Waals surface area (Å²) in [5.74, 6) is 1.70. The van der Waals surface area contributed by atoms with Crippen LogP contribution in [0.5, 0.6) is 0 Å². The van der Waals surface area contributed by atoms with Crippen molar-refractivity contribution in [2.75, 3.05) is 31.6 Å². The van der Waals surface area contributed by atoms with Crippen molar-refractivity contribution in [3.8, 4) is 5.82 Å². The highest BCUT2D eigenvalue weighted by molar-refractivity contribution is 6.04. The van der Waals surface area contributed by atoms with Crippen molar-refractivity contribution in [1.29, 1.82) is 0 Å². The molecule has 1 N–H and O–H groups in total. The summed E-state index contributed by atoms with van der Waals surface area (Å²) >= 11 is 0. The Hall–Kier alpha value is -3.10. The molecule has 194 valence electrons. The zero-order chi connectivity index (χ0) is 25.4. The van der Waals surface area contributed by atoms with Crippen LogP contribution < -0.4 is 5.32 Å². The van der Waals surface area contributed by atoms with E-state index in [0.717, 1.165) is 56.2 Å². The van der Waals surface area contributed by atoms with E-state index < -0.39 is 0 Å². The van der Waals surface area contributed by atoms with E-state index in [1.165, 1.54) is 36.9 Å². The predicted octanol–water partition coefficient (Wildman–Crippen LogP) is 4.77. The lowest BCUT2D eigenvalue weighted by Crippen LogP contribution is -2.44. The fraction of sp³-hybridized carbons (Fsp3) is 0.517. The standard InChI is InChI=1S/C29H36N6O2/c1-19-15-24(17-31-28(19)22-5-8-25(9-6-22)34-11-13-37-14-12-34)33-29(36)26-18-32-35(20(26)2)27-10-7-23(16-30-27)21-3-4-21/h7,10,15-18,21-22,25H,3-6,8-9,11-14H2,1-2H3,(H,33,36)/t22-,25-. The van der Waals surface area contributed by atoms with Crippen LogP contribution in [0.2, 0.25) is 0 Å². The second-order valence-electron chi connectivity index (χ2n) is 10.8. The van der Waals surface area contributed by atoms with Gasteiger partial charge in [-0.3, -0.25) is 14.7 Å². The number of morpholine rings is 1. The Kier molecular flexibility index (Phi) is 6.78. The van der Waals surface area contributed by atoms with Crippen molar-refractivity contribution >= 4 is 11.6 Å². The molecule has 2 aliphatic carbocycles. The minimum absolute atomic E-state index is 0.182. The quantitative estimate of drug-likeness (QED) is 0.525. The SMILES string of the molecule is Cc1cc(NC(=O)c2cnn(-c3ccc(C4CC4)cn3)c2C)cnc1[C@H]1CC[C@H](N2CCOCC2)CC1. The summed E-state index contributed by atoms with van der Waals surface area (Å²) in [5.41, 5.74) is 5.61. The molecule has 3 fully saturated rings. The number of pyridine rings is 2. The number of rotatable bonds is 6. The topological polar surface area (TPSA) is 85.2 Å². The molecule has 37 heavy (non-hydrogen) atoms. The molecule has 1 saturated heterocycles. The molecule has 3 aromatic heterocycles. The van der Waals surface area contributed by atoms with E-state index in [2.05, 4.69) is 33.3 Å². The highest BCUT2D eigenvalue weighted by Gasteiger charge is 2.29. The Morgan fingerprint density at radius 1 is 0.946 bits per heavy atom. The monoisotopic (exact) mass is 500 g/mol. The first kappa shape index (κ1) is 24.2. The molecule has 3 aromatic rings. The number of carbonyl (C=O) groups excluding carboxylic acids is 1. The van der Waals surface area contributed by atoms with E-state index in [9.17, 15) is 4.79 Å². The minimum atomic E-state index is -0.182. The van der Waals surface area contributed by atoms with Crippen LogP contribution in [0.15, 0.2) is 36.8 Å². The largest absolute Gasteiger partial charge is 0.379 e. The van der Waals surface area contributed by atoms with Gasteiger partial charge >= 0.3 is 0 Å². The summed E-state index contributed by atoms with van der Waals surface area (Å²) in [6, 6.07) is 6.82. The van der Waals surface area contributed by atoms with Crippen LogP contribution in [-0.2, 0) is 4.74 Å². The van der Waals surface area contributed by atoms with Crippen molar-refractivity contribution in [3.63, 3.8) is 0 Å². The number of hydrogen-bond donors (Lipinski definition) is 1. The Bertz CT molecular complexity index is 1250. The van der Waals surface area contributed by atoms with Gasteiger partial charge in [-0.05, 0) is 81.5 Å². The first-order valence-corrected chi connectivity index (χ1v) is 13.7. The number of hydrogen-bond acceptors (Lipinski definition) is 6. The van der Waals surface area contributed by atoms with Crippen LogP contribution in [0.4, 0.5) is 5.69 Å². The van der Waals surface area contributed by atoms with Crippen LogP contribution in [0.25, 0.3) is 5.82 Å². The van der Waals surface area contributed by atoms with Gasteiger partial charge in [-0.15, -0.1) is 0 Å². The van der Waals surface area contributed by atoms with E-state index in [-0.39, 0.29) is 5.91 Å². The van der Waals surface area contributed by atoms with Gasteiger partial charge in [-0.25, -0.2) is 9.67 Å². The molecule has 0 aromatic carbocycles. The highest BCUT2D eigenvalue weighted by atomic mass is 16.5. The van der Waals surface area contributed by atoms with Crippen LogP contribution in [0, 0.1) is 13.8 Å². The lowest BCUT2D eigenvalue weighted by Gasteiger charge is -2.38. The number of anilines is 1. The third-order valence-corrected chi connectivity index (χ3v) is 8.31. The molecule has 0 spiro atoms. The number of amides is 1. The number of nitrogens with zero attached hydrogens (tertiary/aromatic N) is 5. The molecular weight excluding hydrogens is 464 g/mol. The molecule has 8 heteroatoms. The first-order valence-electron chi connectivity index (χ1n) is 13.7. The Labute approximate surface area is 218 Å². The zero-order valence-electron chi connectivity index (χ0n) is 21.8. The average molecular weight is 501 g/mol. The Morgan fingerprint density at radius 3 is 2.38 bits per heavy atom. The van der Waals surface area contributed by atoms with Gasteiger partial charge in [0.2, 0.25) is 0 Å². The average Bonchev–Trinajstić information content (AvgIpc) is 3.71. The van der Waals surface area contributed by atoms with E-state index in [4.69, 9.17) is 9.72 Å². The van der Waals surface area contributed by atoms with Gasteiger partial charge in [0.25, 0.3) is 5.91 Å². The maximum absolute atomic E-state index is 13.1. The van der Waals surface area contributed by atoms with E-state index in [0.29, 0.717) is 29.1 Å². The number of aromatic nitrogens is 4. The molecule has 2 saturated carbocycles. The second-order valence-corrected chi connectivity index (χ2v) is 10.8. The molecule has 6 rings (SSSR count). The van der Waals surface area contributed by atoms with Crippen molar-refractivity contribution in [3.05, 3.63) is 64.9 Å². The summed E-state index contributed by atoms with van der Waals surface area (Å²) in [6.07, 6.45) is 12.6. The van der Waals surface area contributed by atoms with Gasteiger partial charge in [-0.1, -0.05) is 6.07 Å². The van der Waals surface area contributed by atoms with Gasteiger partial charge in [0.05, 0.1) is 42.6 Å². The zero-order valence-corrected chi connectivity index (χ0v) is 21.8. The molecule has 0 unspecified atom stereocenters. The molecule has 0 bridgehead atoms. The Balaban J connectivity index is 1.09. The summed E-state index contributed by atoms with van der Waals surface area (Å²) in [6.45, 7) is 7.84. The van der Waals surface area contributed by atoms with Crippen LogP contribution in [0.1, 0.15) is 83.2 Å². The maximum atomic E-state index is 13.1. The number of aryl methyl sites for hydroxylation is 1. The van der Waals surface area contributed by atoms with E-state index >= 15 is 0 Å². The molecule has 0 atom stereocenters. The number of carbonyl (C=O) groups is 1. The van der Waals surface area contributed by atoms with Crippen molar-refractivity contribution < 1.29 is 9.53 Å². The predicted molar refractivity (Wildman–Crippen MR) is 142 cm³/mol. The number of nitrogens with one attached hydrogen (secondary N) is 1. The molecule has 3 aliphatic rings. The molecule has 4 heterocycles. The summed E-state index contributed by atoms with van der Waals surface area (Å²) in [4.78, 5) is 25.1. The van der Waals surface area contributed by atoms with Crippen LogP contribution in [0.3, 0.4) is 0 Å². The fourth-order valence-electron chi connectivity index (χ4n) is 5.98. The maximum Gasteiger partial charge on any atom is 0.259 e. The fourth-order valence-corrected chi connectivity index (χ4v) is 5.98. The lowest BCUT2D eigenvalue weighted by atomic mass is 9.82. The summed E-state index contributed by atoms with van der Waals surface area (Å²) < 4.78 is 7.24. The van der Waals surface area contributed by atoms with Crippen LogP contribution in [-0.4, -0.2) is 62.9 Å². The lowest BCUT2D eigenvalue weighted by molar-refractivity contribution is 0.00720.